The van der Waals surface area contributed by atoms with Crippen molar-refractivity contribution in [1.29, 1.82) is 0 Å². The SMILES string of the molecule is C=CCC(CCOC)c1ccccc1. The van der Waals surface area contributed by atoms with Gasteiger partial charge in [-0.15, -0.1) is 6.58 Å². The van der Waals surface area contributed by atoms with E-state index in [9.17, 15) is 0 Å². The molecule has 1 nitrogen and oxygen atoms in total. The van der Waals surface area contributed by atoms with Gasteiger partial charge in [0.1, 0.15) is 0 Å². The summed E-state index contributed by atoms with van der Waals surface area (Å²) in [5.41, 5.74) is 1.38. The fourth-order valence-electron chi connectivity index (χ4n) is 1.61. The summed E-state index contributed by atoms with van der Waals surface area (Å²) in [4.78, 5) is 0. The molecule has 1 aromatic rings. The first-order chi connectivity index (χ1) is 6.88. The summed E-state index contributed by atoms with van der Waals surface area (Å²) in [7, 11) is 1.75. The van der Waals surface area contributed by atoms with Gasteiger partial charge < -0.3 is 4.74 Å². The molecular formula is C13H18O. The third kappa shape index (κ3) is 3.35. The lowest BCUT2D eigenvalue weighted by atomic mass is 9.93. The largest absolute Gasteiger partial charge is 0.385 e. The Kier molecular flexibility index (Phi) is 5.02. The Morgan fingerprint density at radius 1 is 1.36 bits per heavy atom. The number of benzene rings is 1. The third-order valence-electron chi connectivity index (χ3n) is 2.39. The Balaban J connectivity index is 2.62. The van der Waals surface area contributed by atoms with Crippen molar-refractivity contribution in [2.24, 2.45) is 0 Å². The first-order valence-electron chi connectivity index (χ1n) is 5.03. The molecule has 0 saturated heterocycles. The molecule has 1 heteroatoms. The summed E-state index contributed by atoms with van der Waals surface area (Å²) in [5.74, 6) is 0.550. The van der Waals surface area contributed by atoms with Crippen LogP contribution in [0.5, 0.6) is 0 Å². The van der Waals surface area contributed by atoms with E-state index >= 15 is 0 Å². The molecule has 0 amide bonds. The average molecular weight is 190 g/mol. The Morgan fingerprint density at radius 2 is 2.07 bits per heavy atom. The van der Waals surface area contributed by atoms with Crippen LogP contribution in [0, 0.1) is 0 Å². The van der Waals surface area contributed by atoms with Gasteiger partial charge >= 0.3 is 0 Å². The third-order valence-corrected chi connectivity index (χ3v) is 2.39. The summed E-state index contributed by atoms with van der Waals surface area (Å²) in [6, 6.07) is 10.6. The van der Waals surface area contributed by atoms with Crippen LogP contribution in [-0.4, -0.2) is 13.7 Å². The highest BCUT2D eigenvalue weighted by atomic mass is 16.5. The van der Waals surface area contributed by atoms with Gasteiger partial charge in [0, 0.05) is 13.7 Å². The Hall–Kier alpha value is -1.08. The average Bonchev–Trinajstić information content (AvgIpc) is 2.25. The van der Waals surface area contributed by atoms with Crippen LogP contribution in [-0.2, 0) is 4.74 Å². The fourth-order valence-corrected chi connectivity index (χ4v) is 1.61. The first-order valence-corrected chi connectivity index (χ1v) is 5.03. The summed E-state index contributed by atoms with van der Waals surface area (Å²) in [5, 5.41) is 0. The molecule has 0 fully saturated rings. The van der Waals surface area contributed by atoms with Crippen molar-refractivity contribution in [3.8, 4) is 0 Å². The predicted octanol–water partition coefficient (Wildman–Crippen LogP) is 3.38. The van der Waals surface area contributed by atoms with Crippen molar-refractivity contribution in [2.45, 2.75) is 18.8 Å². The van der Waals surface area contributed by atoms with Crippen molar-refractivity contribution >= 4 is 0 Å². The molecule has 76 valence electrons. The molecule has 0 N–H and O–H groups in total. The maximum Gasteiger partial charge on any atom is 0.0468 e. The van der Waals surface area contributed by atoms with E-state index in [1.54, 1.807) is 7.11 Å². The lowest BCUT2D eigenvalue weighted by Gasteiger charge is -2.14. The second kappa shape index (κ2) is 6.39. The molecule has 0 aliphatic carbocycles. The van der Waals surface area contributed by atoms with Gasteiger partial charge in [0.15, 0.2) is 0 Å². The summed E-state index contributed by atoms with van der Waals surface area (Å²) in [6.45, 7) is 4.61. The number of allylic oxidation sites excluding steroid dienone is 1. The van der Waals surface area contributed by atoms with Crippen LogP contribution in [0.1, 0.15) is 24.3 Å². The number of rotatable bonds is 6. The first kappa shape index (κ1) is 11.0. The molecule has 14 heavy (non-hydrogen) atoms. The van der Waals surface area contributed by atoms with Gasteiger partial charge in [-0.2, -0.15) is 0 Å². The van der Waals surface area contributed by atoms with Crippen LogP contribution < -0.4 is 0 Å². The Labute approximate surface area is 86.4 Å². The quantitative estimate of drug-likeness (QED) is 0.625. The molecule has 1 aromatic carbocycles. The Bertz CT molecular complexity index is 253. The van der Waals surface area contributed by atoms with Crippen LogP contribution in [0.2, 0.25) is 0 Å². The van der Waals surface area contributed by atoms with Crippen molar-refractivity contribution < 1.29 is 4.74 Å². The van der Waals surface area contributed by atoms with Gasteiger partial charge in [-0.3, -0.25) is 0 Å². The van der Waals surface area contributed by atoms with Crippen LogP contribution in [0.4, 0.5) is 0 Å². The van der Waals surface area contributed by atoms with E-state index in [1.807, 2.05) is 12.1 Å². The second-order valence-electron chi connectivity index (χ2n) is 3.41. The number of ether oxygens (including phenoxy) is 1. The van der Waals surface area contributed by atoms with Crippen LogP contribution >= 0.6 is 0 Å². The summed E-state index contributed by atoms with van der Waals surface area (Å²) in [6.07, 6.45) is 4.06. The standard InChI is InChI=1S/C13H18O/c1-3-7-12(10-11-14-2)13-8-5-4-6-9-13/h3-6,8-9,12H,1,7,10-11H2,2H3. The lowest BCUT2D eigenvalue weighted by molar-refractivity contribution is 0.187. The molecule has 1 atom stereocenters. The Morgan fingerprint density at radius 3 is 2.64 bits per heavy atom. The molecule has 1 rings (SSSR count). The van der Waals surface area contributed by atoms with Crippen LogP contribution in [0.3, 0.4) is 0 Å². The molecule has 0 saturated carbocycles. The highest BCUT2D eigenvalue weighted by Gasteiger charge is 2.08. The number of hydrogen-bond donors (Lipinski definition) is 0. The van der Waals surface area contributed by atoms with E-state index in [1.165, 1.54) is 5.56 Å². The highest BCUT2D eigenvalue weighted by Crippen LogP contribution is 2.23. The molecule has 1 unspecified atom stereocenters. The zero-order chi connectivity index (χ0) is 10.2. The van der Waals surface area contributed by atoms with Crippen molar-refractivity contribution in [3.63, 3.8) is 0 Å². The van der Waals surface area contributed by atoms with Crippen LogP contribution in [0.15, 0.2) is 43.0 Å². The predicted molar refractivity (Wildman–Crippen MR) is 60.5 cm³/mol. The molecule has 0 spiro atoms. The van der Waals surface area contributed by atoms with E-state index < -0.39 is 0 Å². The van der Waals surface area contributed by atoms with Crippen LogP contribution in [0.25, 0.3) is 0 Å². The topological polar surface area (TPSA) is 9.23 Å². The monoisotopic (exact) mass is 190 g/mol. The molecule has 0 aliphatic heterocycles. The van der Waals surface area contributed by atoms with Gasteiger partial charge in [-0.1, -0.05) is 36.4 Å². The molecule has 0 bridgehead atoms. The fraction of sp³-hybridized carbons (Fsp3) is 0.385. The minimum absolute atomic E-state index is 0.550. The minimum atomic E-state index is 0.550. The lowest BCUT2D eigenvalue weighted by Crippen LogP contribution is -2.01. The smallest absolute Gasteiger partial charge is 0.0468 e. The normalized spacial score (nSPS) is 12.4. The van der Waals surface area contributed by atoms with E-state index in [4.69, 9.17) is 4.74 Å². The minimum Gasteiger partial charge on any atom is -0.385 e. The molecule has 0 radical (unpaired) electrons. The van der Waals surface area contributed by atoms with Gasteiger partial charge in [0.25, 0.3) is 0 Å². The number of methoxy groups -OCH3 is 1. The maximum absolute atomic E-state index is 5.11. The van der Waals surface area contributed by atoms with Gasteiger partial charge in [0.2, 0.25) is 0 Å². The second-order valence-corrected chi connectivity index (χ2v) is 3.41. The van der Waals surface area contributed by atoms with E-state index in [2.05, 4.69) is 30.8 Å². The highest BCUT2D eigenvalue weighted by molar-refractivity contribution is 5.20. The van der Waals surface area contributed by atoms with E-state index in [-0.39, 0.29) is 0 Å². The number of hydrogen-bond acceptors (Lipinski definition) is 1. The molecular weight excluding hydrogens is 172 g/mol. The zero-order valence-electron chi connectivity index (χ0n) is 8.78. The van der Waals surface area contributed by atoms with Crippen molar-refractivity contribution in [3.05, 3.63) is 48.6 Å². The molecule has 0 aromatic heterocycles. The van der Waals surface area contributed by atoms with Gasteiger partial charge in [-0.25, -0.2) is 0 Å². The summed E-state index contributed by atoms with van der Waals surface area (Å²) < 4.78 is 5.11. The maximum atomic E-state index is 5.11. The van der Waals surface area contributed by atoms with E-state index in [0.717, 1.165) is 19.4 Å². The van der Waals surface area contributed by atoms with Gasteiger partial charge in [-0.05, 0) is 24.3 Å². The van der Waals surface area contributed by atoms with Crippen molar-refractivity contribution in [2.75, 3.05) is 13.7 Å². The van der Waals surface area contributed by atoms with Gasteiger partial charge in [0.05, 0.1) is 0 Å². The molecule has 0 heterocycles. The van der Waals surface area contributed by atoms with Crippen molar-refractivity contribution in [1.82, 2.24) is 0 Å². The molecule has 0 aliphatic rings. The van der Waals surface area contributed by atoms with E-state index in [0.29, 0.717) is 5.92 Å². The zero-order valence-corrected chi connectivity index (χ0v) is 8.78. The summed E-state index contributed by atoms with van der Waals surface area (Å²) >= 11 is 0.